The van der Waals surface area contributed by atoms with Crippen molar-refractivity contribution in [1.82, 2.24) is 4.90 Å². The minimum absolute atomic E-state index is 0.788. The van der Waals surface area contributed by atoms with E-state index in [0.29, 0.717) is 0 Å². The van der Waals surface area contributed by atoms with Crippen molar-refractivity contribution in [3.05, 3.63) is 6.92 Å². The van der Waals surface area contributed by atoms with Crippen LogP contribution in [0.3, 0.4) is 0 Å². The summed E-state index contributed by atoms with van der Waals surface area (Å²) in [7, 11) is 0. The molecule has 67 valence electrons. The summed E-state index contributed by atoms with van der Waals surface area (Å²) in [6, 6.07) is 0. The molecular formula is C10H22N. The van der Waals surface area contributed by atoms with Gasteiger partial charge in [-0.2, -0.15) is 0 Å². The van der Waals surface area contributed by atoms with Gasteiger partial charge in [-0.15, -0.1) is 0 Å². The van der Waals surface area contributed by atoms with Crippen molar-refractivity contribution in [2.24, 2.45) is 5.92 Å². The lowest BCUT2D eigenvalue weighted by Crippen LogP contribution is -2.25. The summed E-state index contributed by atoms with van der Waals surface area (Å²) >= 11 is 0. The molecule has 1 nitrogen and oxygen atoms in total. The monoisotopic (exact) mass is 156 g/mol. The van der Waals surface area contributed by atoms with Crippen LogP contribution in [0.1, 0.15) is 33.6 Å². The van der Waals surface area contributed by atoms with Crippen LogP contribution in [0.25, 0.3) is 0 Å². The minimum atomic E-state index is 0.788. The quantitative estimate of drug-likeness (QED) is 0.571. The summed E-state index contributed by atoms with van der Waals surface area (Å²) in [5.41, 5.74) is 0. The van der Waals surface area contributed by atoms with Gasteiger partial charge < -0.3 is 4.90 Å². The smallest absolute Gasteiger partial charge is 0.00164 e. The highest BCUT2D eigenvalue weighted by Gasteiger charge is 2.02. The van der Waals surface area contributed by atoms with Crippen LogP contribution in [0.2, 0.25) is 0 Å². The number of hydrogen-bond acceptors (Lipinski definition) is 1. The Hall–Kier alpha value is -0.0400. The van der Waals surface area contributed by atoms with E-state index in [0.717, 1.165) is 12.3 Å². The first-order valence-corrected chi connectivity index (χ1v) is 4.76. The maximum atomic E-state index is 3.90. The fourth-order valence-corrected chi connectivity index (χ4v) is 1.09. The molecule has 0 aliphatic carbocycles. The first kappa shape index (κ1) is 11.0. The van der Waals surface area contributed by atoms with Gasteiger partial charge in [-0.1, -0.05) is 34.1 Å². The van der Waals surface area contributed by atoms with Crippen molar-refractivity contribution in [1.29, 1.82) is 0 Å². The van der Waals surface area contributed by atoms with Gasteiger partial charge in [0.1, 0.15) is 0 Å². The molecule has 0 spiro atoms. The van der Waals surface area contributed by atoms with Gasteiger partial charge in [0.2, 0.25) is 0 Å². The molecule has 0 fully saturated rings. The molecule has 0 bridgehead atoms. The molecule has 0 aliphatic rings. The Kier molecular flexibility index (Phi) is 6.63. The Morgan fingerprint density at radius 2 is 1.82 bits per heavy atom. The molecule has 1 heteroatoms. The highest BCUT2D eigenvalue weighted by molar-refractivity contribution is 4.58. The predicted molar refractivity (Wildman–Crippen MR) is 51.5 cm³/mol. The van der Waals surface area contributed by atoms with Gasteiger partial charge in [-0.05, 0) is 32.0 Å². The third kappa shape index (κ3) is 5.25. The first-order valence-electron chi connectivity index (χ1n) is 4.76. The highest BCUT2D eigenvalue weighted by Crippen LogP contribution is 2.06. The van der Waals surface area contributed by atoms with Crippen molar-refractivity contribution in [2.45, 2.75) is 33.6 Å². The molecule has 0 aromatic rings. The van der Waals surface area contributed by atoms with Gasteiger partial charge in [0, 0.05) is 0 Å². The van der Waals surface area contributed by atoms with Crippen molar-refractivity contribution in [3.8, 4) is 0 Å². The van der Waals surface area contributed by atoms with Gasteiger partial charge in [0.05, 0.1) is 0 Å². The summed E-state index contributed by atoms with van der Waals surface area (Å²) < 4.78 is 0. The Morgan fingerprint density at radius 3 is 2.18 bits per heavy atom. The largest absolute Gasteiger partial charge is 0.304 e. The van der Waals surface area contributed by atoms with Crippen LogP contribution < -0.4 is 0 Å². The van der Waals surface area contributed by atoms with Crippen LogP contribution >= 0.6 is 0 Å². The van der Waals surface area contributed by atoms with Crippen LogP contribution in [-0.2, 0) is 0 Å². The maximum absolute atomic E-state index is 3.90. The molecule has 1 atom stereocenters. The molecule has 0 saturated carbocycles. The zero-order valence-electron chi connectivity index (χ0n) is 8.27. The second-order valence-corrected chi connectivity index (χ2v) is 3.21. The highest BCUT2D eigenvalue weighted by atomic mass is 15.1. The summed E-state index contributed by atoms with van der Waals surface area (Å²) in [5, 5.41) is 0. The van der Waals surface area contributed by atoms with E-state index in [2.05, 4.69) is 32.6 Å². The van der Waals surface area contributed by atoms with E-state index >= 15 is 0 Å². The first-order chi connectivity index (χ1) is 5.24. The Balaban J connectivity index is 3.34. The fourth-order valence-electron chi connectivity index (χ4n) is 1.09. The summed E-state index contributed by atoms with van der Waals surface area (Å²) in [5.74, 6) is 0.788. The molecule has 1 radical (unpaired) electrons. The van der Waals surface area contributed by atoms with Crippen LogP contribution in [0.15, 0.2) is 0 Å². The summed E-state index contributed by atoms with van der Waals surface area (Å²) in [6.45, 7) is 14.2. The third-order valence-electron chi connectivity index (χ3n) is 2.33. The molecule has 1 unspecified atom stereocenters. The van der Waals surface area contributed by atoms with Crippen molar-refractivity contribution < 1.29 is 0 Å². The van der Waals surface area contributed by atoms with E-state index in [1.54, 1.807) is 0 Å². The van der Waals surface area contributed by atoms with Crippen molar-refractivity contribution >= 4 is 0 Å². The van der Waals surface area contributed by atoms with Gasteiger partial charge >= 0.3 is 0 Å². The lowest BCUT2D eigenvalue weighted by molar-refractivity contribution is 0.280. The maximum Gasteiger partial charge on any atom is -0.00164 e. The van der Waals surface area contributed by atoms with Crippen LogP contribution in [0.4, 0.5) is 0 Å². The minimum Gasteiger partial charge on any atom is -0.304 e. The van der Waals surface area contributed by atoms with Crippen LogP contribution in [-0.4, -0.2) is 24.5 Å². The van der Waals surface area contributed by atoms with Crippen molar-refractivity contribution in [3.63, 3.8) is 0 Å². The molecule has 0 N–H and O–H groups in total. The van der Waals surface area contributed by atoms with E-state index < -0.39 is 0 Å². The fraction of sp³-hybridized carbons (Fsp3) is 0.900. The Labute approximate surface area is 71.8 Å². The number of nitrogens with zero attached hydrogens (tertiary/aromatic N) is 1. The van der Waals surface area contributed by atoms with E-state index in [-0.39, 0.29) is 0 Å². The second kappa shape index (κ2) is 6.66. The number of rotatable bonds is 6. The van der Waals surface area contributed by atoms with Gasteiger partial charge in [-0.3, -0.25) is 0 Å². The molecular weight excluding hydrogens is 134 g/mol. The summed E-state index contributed by atoms with van der Waals surface area (Å²) in [6.07, 6.45) is 2.37. The van der Waals surface area contributed by atoms with E-state index in [9.17, 15) is 0 Å². The van der Waals surface area contributed by atoms with Gasteiger partial charge in [0.15, 0.2) is 0 Å². The third-order valence-corrected chi connectivity index (χ3v) is 2.33. The average Bonchev–Trinajstić information content (AvgIpc) is 2.06. The molecule has 0 amide bonds. The molecule has 0 rings (SSSR count). The van der Waals surface area contributed by atoms with Crippen LogP contribution in [0, 0.1) is 12.8 Å². The van der Waals surface area contributed by atoms with E-state index in [1.165, 1.54) is 26.1 Å². The lowest BCUT2D eigenvalue weighted by atomic mass is 10.1. The number of hydrogen-bond donors (Lipinski definition) is 0. The van der Waals surface area contributed by atoms with Crippen LogP contribution in [0.5, 0.6) is 0 Å². The van der Waals surface area contributed by atoms with E-state index in [1.807, 2.05) is 0 Å². The average molecular weight is 156 g/mol. The SMILES string of the molecule is [CH2]CC(C)CCN(CC)CC. The lowest BCUT2D eigenvalue weighted by Gasteiger charge is -2.19. The van der Waals surface area contributed by atoms with Gasteiger partial charge in [0.25, 0.3) is 0 Å². The summed E-state index contributed by atoms with van der Waals surface area (Å²) in [4.78, 5) is 2.46. The Morgan fingerprint density at radius 1 is 1.27 bits per heavy atom. The molecule has 0 aliphatic heterocycles. The molecule has 0 aromatic heterocycles. The molecule has 0 saturated heterocycles. The Bertz CT molecular complexity index is 76.9. The molecule has 11 heavy (non-hydrogen) atoms. The van der Waals surface area contributed by atoms with E-state index in [4.69, 9.17) is 0 Å². The zero-order chi connectivity index (χ0) is 8.69. The van der Waals surface area contributed by atoms with Gasteiger partial charge in [-0.25, -0.2) is 0 Å². The molecule has 0 heterocycles. The molecule has 0 aromatic carbocycles. The zero-order valence-corrected chi connectivity index (χ0v) is 8.27. The standard InChI is InChI=1S/C10H22N/c1-5-10(4)8-9-11(6-2)7-3/h10H,1,5-9H2,2-4H3. The second-order valence-electron chi connectivity index (χ2n) is 3.21. The normalized spacial score (nSPS) is 13.9. The van der Waals surface area contributed by atoms with Crippen molar-refractivity contribution in [2.75, 3.05) is 19.6 Å². The topological polar surface area (TPSA) is 3.24 Å². The predicted octanol–water partition coefficient (Wildman–Crippen LogP) is 2.58.